The monoisotopic (exact) mass is 289 g/mol. The first-order chi connectivity index (χ1) is 10.2. The van der Waals surface area contributed by atoms with E-state index in [0.29, 0.717) is 6.04 Å². The van der Waals surface area contributed by atoms with Crippen LogP contribution < -0.4 is 11.1 Å². The van der Waals surface area contributed by atoms with Crippen molar-refractivity contribution in [3.63, 3.8) is 0 Å². The van der Waals surface area contributed by atoms with Crippen LogP contribution in [-0.4, -0.2) is 17.1 Å². The first kappa shape index (κ1) is 15.8. The molecule has 1 aliphatic rings. The topological polar surface area (TPSA) is 70.6 Å². The number of nitrogens with one attached hydrogen (secondary N) is 1. The number of rotatable bonds is 5. The molecule has 0 aliphatic heterocycles. The maximum Gasteiger partial charge on any atom is 0.170 e. The maximum absolute atomic E-state index is 8.74. The lowest BCUT2D eigenvalue weighted by molar-refractivity contribution is 0.318. The molecule has 0 saturated heterocycles. The van der Waals surface area contributed by atoms with Gasteiger partial charge < -0.3 is 16.3 Å². The Morgan fingerprint density at radius 3 is 2.71 bits per heavy atom. The van der Waals surface area contributed by atoms with Crippen molar-refractivity contribution in [2.75, 3.05) is 0 Å². The zero-order valence-electron chi connectivity index (χ0n) is 12.9. The molecule has 0 heterocycles. The average Bonchev–Trinajstić information content (AvgIpc) is 2.81. The average molecular weight is 289 g/mol. The summed E-state index contributed by atoms with van der Waals surface area (Å²) in [6.45, 7) is 3.12. The van der Waals surface area contributed by atoms with E-state index in [1.54, 1.807) is 0 Å². The van der Waals surface area contributed by atoms with Gasteiger partial charge in [-0.2, -0.15) is 0 Å². The quantitative estimate of drug-likeness (QED) is 0.256. The highest BCUT2D eigenvalue weighted by molar-refractivity contribution is 5.97. The van der Waals surface area contributed by atoms with Crippen LogP contribution in [0, 0.1) is 5.92 Å². The number of hydrogen-bond acceptors (Lipinski definition) is 3. The summed E-state index contributed by atoms with van der Waals surface area (Å²) in [6.07, 6.45) is 8.22. The molecule has 21 heavy (non-hydrogen) atoms. The van der Waals surface area contributed by atoms with Gasteiger partial charge in [-0.1, -0.05) is 49.0 Å². The number of nitrogens with two attached hydrogens (primary N) is 1. The molecule has 1 aliphatic carbocycles. The van der Waals surface area contributed by atoms with Gasteiger partial charge in [-0.3, -0.25) is 0 Å². The van der Waals surface area contributed by atoms with E-state index in [1.807, 2.05) is 18.2 Å². The Morgan fingerprint density at radius 2 is 2.05 bits per heavy atom. The van der Waals surface area contributed by atoms with Crippen molar-refractivity contribution in [2.24, 2.45) is 16.8 Å². The van der Waals surface area contributed by atoms with Crippen LogP contribution in [0.1, 0.15) is 56.6 Å². The molecular formula is C17H27N3O. The van der Waals surface area contributed by atoms with Gasteiger partial charge in [-0.25, -0.2) is 0 Å². The van der Waals surface area contributed by atoms with Crippen molar-refractivity contribution in [2.45, 2.75) is 58.0 Å². The number of amidine groups is 1. The summed E-state index contributed by atoms with van der Waals surface area (Å²) in [5.74, 6) is 0.952. The lowest BCUT2D eigenvalue weighted by Crippen LogP contribution is -2.33. The summed E-state index contributed by atoms with van der Waals surface area (Å²) >= 11 is 0. The van der Waals surface area contributed by atoms with E-state index in [9.17, 15) is 0 Å². The van der Waals surface area contributed by atoms with E-state index in [1.165, 1.54) is 44.1 Å². The van der Waals surface area contributed by atoms with Crippen LogP contribution in [0.4, 0.5) is 0 Å². The van der Waals surface area contributed by atoms with E-state index < -0.39 is 0 Å². The van der Waals surface area contributed by atoms with Gasteiger partial charge in [0, 0.05) is 18.2 Å². The van der Waals surface area contributed by atoms with Gasteiger partial charge in [0.05, 0.1) is 0 Å². The molecule has 4 nitrogen and oxygen atoms in total. The van der Waals surface area contributed by atoms with Gasteiger partial charge in [0.15, 0.2) is 5.84 Å². The smallest absolute Gasteiger partial charge is 0.170 e. The molecule has 0 spiro atoms. The summed E-state index contributed by atoms with van der Waals surface area (Å²) in [6, 6.07) is 8.38. The molecule has 4 heteroatoms. The van der Waals surface area contributed by atoms with Crippen molar-refractivity contribution in [1.82, 2.24) is 5.32 Å². The maximum atomic E-state index is 8.74. The van der Waals surface area contributed by atoms with Crippen LogP contribution in [-0.2, 0) is 6.54 Å². The Labute approximate surface area is 127 Å². The van der Waals surface area contributed by atoms with Crippen molar-refractivity contribution >= 4 is 5.84 Å². The standard InChI is InChI=1S/C17H27N3O/c1-13(15-8-4-2-3-5-9-15)19-12-14-7-6-10-16(11-14)17(18)20-21/h6-7,10-11,13,15,19,21H,2-5,8-9,12H2,1H3,(H2,18,20)/t13-/m1/s1. The number of oxime groups is 1. The molecule has 1 aromatic carbocycles. The minimum atomic E-state index is 0.161. The van der Waals surface area contributed by atoms with Gasteiger partial charge >= 0.3 is 0 Å². The molecule has 0 unspecified atom stereocenters. The highest BCUT2D eigenvalue weighted by atomic mass is 16.4. The molecule has 0 aromatic heterocycles. The minimum absolute atomic E-state index is 0.161. The van der Waals surface area contributed by atoms with E-state index in [-0.39, 0.29) is 5.84 Å². The summed E-state index contributed by atoms with van der Waals surface area (Å²) < 4.78 is 0. The van der Waals surface area contributed by atoms with Gasteiger partial charge in [0.1, 0.15) is 0 Å². The molecule has 0 bridgehead atoms. The van der Waals surface area contributed by atoms with Gasteiger partial charge in [-0.05, 0) is 37.3 Å². The summed E-state index contributed by atoms with van der Waals surface area (Å²) in [7, 11) is 0. The fourth-order valence-corrected chi connectivity index (χ4v) is 3.15. The Hall–Kier alpha value is -1.55. The van der Waals surface area contributed by atoms with Gasteiger partial charge in [0.25, 0.3) is 0 Å². The molecule has 2 rings (SSSR count). The van der Waals surface area contributed by atoms with Crippen molar-refractivity contribution < 1.29 is 5.21 Å². The van der Waals surface area contributed by atoms with Crippen LogP contribution >= 0.6 is 0 Å². The van der Waals surface area contributed by atoms with Crippen molar-refractivity contribution in [3.05, 3.63) is 35.4 Å². The highest BCUT2D eigenvalue weighted by Crippen LogP contribution is 2.25. The lowest BCUT2D eigenvalue weighted by Gasteiger charge is -2.23. The predicted octanol–water partition coefficient (Wildman–Crippen LogP) is 3.23. The fraction of sp³-hybridized carbons (Fsp3) is 0.588. The first-order valence-corrected chi connectivity index (χ1v) is 8.01. The molecule has 1 aromatic rings. The highest BCUT2D eigenvalue weighted by Gasteiger charge is 2.18. The molecule has 4 N–H and O–H groups in total. The molecule has 116 valence electrons. The third-order valence-electron chi connectivity index (χ3n) is 4.57. The van der Waals surface area contributed by atoms with Crippen LogP contribution in [0.25, 0.3) is 0 Å². The second-order valence-electron chi connectivity index (χ2n) is 6.11. The van der Waals surface area contributed by atoms with E-state index in [4.69, 9.17) is 10.9 Å². The number of hydrogen-bond donors (Lipinski definition) is 3. The van der Waals surface area contributed by atoms with Crippen LogP contribution in [0.5, 0.6) is 0 Å². The van der Waals surface area contributed by atoms with Crippen LogP contribution in [0.2, 0.25) is 0 Å². The normalized spacial score (nSPS) is 19.2. The Bertz CT molecular complexity index is 465. The molecule has 0 radical (unpaired) electrons. The summed E-state index contributed by atoms with van der Waals surface area (Å²) in [4.78, 5) is 0. The fourth-order valence-electron chi connectivity index (χ4n) is 3.15. The summed E-state index contributed by atoms with van der Waals surface area (Å²) in [5, 5.41) is 15.4. The van der Waals surface area contributed by atoms with Gasteiger partial charge in [0.2, 0.25) is 0 Å². The number of nitrogens with zero attached hydrogens (tertiary/aromatic N) is 1. The Balaban J connectivity index is 1.90. The molecule has 1 atom stereocenters. The first-order valence-electron chi connectivity index (χ1n) is 8.01. The third-order valence-corrected chi connectivity index (χ3v) is 4.57. The van der Waals surface area contributed by atoms with E-state index >= 15 is 0 Å². The van der Waals surface area contributed by atoms with E-state index in [2.05, 4.69) is 23.5 Å². The second-order valence-corrected chi connectivity index (χ2v) is 6.11. The Morgan fingerprint density at radius 1 is 1.33 bits per heavy atom. The van der Waals surface area contributed by atoms with Crippen molar-refractivity contribution in [1.29, 1.82) is 0 Å². The second kappa shape index (κ2) is 8.03. The molecular weight excluding hydrogens is 262 g/mol. The number of benzene rings is 1. The Kier molecular flexibility index (Phi) is 6.05. The van der Waals surface area contributed by atoms with Crippen molar-refractivity contribution in [3.8, 4) is 0 Å². The van der Waals surface area contributed by atoms with Crippen LogP contribution in [0.15, 0.2) is 29.4 Å². The zero-order chi connectivity index (χ0) is 15.1. The van der Waals surface area contributed by atoms with E-state index in [0.717, 1.165) is 18.0 Å². The largest absolute Gasteiger partial charge is 0.409 e. The third kappa shape index (κ3) is 4.74. The molecule has 1 fully saturated rings. The predicted molar refractivity (Wildman–Crippen MR) is 86.4 cm³/mol. The summed E-state index contributed by atoms with van der Waals surface area (Å²) in [5.41, 5.74) is 7.56. The van der Waals surface area contributed by atoms with Crippen LogP contribution in [0.3, 0.4) is 0 Å². The molecule has 0 amide bonds. The minimum Gasteiger partial charge on any atom is -0.409 e. The zero-order valence-corrected chi connectivity index (χ0v) is 12.9. The molecule has 1 saturated carbocycles. The SMILES string of the molecule is C[C@@H](NCc1cccc(/C(N)=N/O)c1)C1CCCCCC1. The lowest BCUT2D eigenvalue weighted by atomic mass is 9.93. The van der Waals surface area contributed by atoms with Gasteiger partial charge in [-0.15, -0.1) is 0 Å².